The number of hydrogen-bond donors (Lipinski definition) is 2. The van der Waals surface area contributed by atoms with Gasteiger partial charge in [0.2, 0.25) is 5.91 Å². The summed E-state index contributed by atoms with van der Waals surface area (Å²) in [4.78, 5) is 12.2. The van der Waals surface area contributed by atoms with E-state index in [9.17, 15) is 4.79 Å². The molecule has 2 rings (SSSR count). The van der Waals surface area contributed by atoms with Gasteiger partial charge in [0.1, 0.15) is 0 Å². The Morgan fingerprint density at radius 3 is 2.74 bits per heavy atom. The molecular formula is C14H18Cl2N2O. The maximum absolute atomic E-state index is 12.2. The van der Waals surface area contributed by atoms with Gasteiger partial charge in [-0.25, -0.2) is 0 Å². The van der Waals surface area contributed by atoms with Gasteiger partial charge in [-0.2, -0.15) is 0 Å². The highest BCUT2D eigenvalue weighted by molar-refractivity contribution is 6.36. The number of nitrogens with one attached hydrogen (secondary N) is 1. The standard InChI is InChI=1S/C14H18Cl2N2O/c1-8-5-12(16)13(7-11(8)15)18-14(19)9-3-2-4-10(17)6-9/h5,7,9-10H,2-4,6,17H2,1H3,(H,18,19). The molecule has 1 aliphatic rings. The molecule has 0 aromatic heterocycles. The fourth-order valence-corrected chi connectivity index (χ4v) is 2.87. The summed E-state index contributed by atoms with van der Waals surface area (Å²) in [5.41, 5.74) is 7.37. The van der Waals surface area contributed by atoms with E-state index >= 15 is 0 Å². The summed E-state index contributed by atoms with van der Waals surface area (Å²) in [6, 6.07) is 3.58. The summed E-state index contributed by atoms with van der Waals surface area (Å²) in [6.45, 7) is 1.87. The van der Waals surface area contributed by atoms with Gasteiger partial charge in [-0.1, -0.05) is 29.6 Å². The van der Waals surface area contributed by atoms with Crippen molar-refractivity contribution in [3.8, 4) is 0 Å². The number of rotatable bonds is 2. The first kappa shape index (κ1) is 14.6. The maximum atomic E-state index is 12.2. The van der Waals surface area contributed by atoms with Gasteiger partial charge in [-0.05, 0) is 43.9 Å². The van der Waals surface area contributed by atoms with Gasteiger partial charge in [0.15, 0.2) is 0 Å². The maximum Gasteiger partial charge on any atom is 0.227 e. The Bertz CT molecular complexity index is 491. The van der Waals surface area contributed by atoms with Crippen molar-refractivity contribution in [2.75, 3.05) is 5.32 Å². The topological polar surface area (TPSA) is 55.1 Å². The molecule has 0 heterocycles. The summed E-state index contributed by atoms with van der Waals surface area (Å²) in [5.74, 6) is -0.0446. The lowest BCUT2D eigenvalue weighted by Crippen LogP contribution is -2.34. The highest BCUT2D eigenvalue weighted by Gasteiger charge is 2.25. The summed E-state index contributed by atoms with van der Waals surface area (Å²) >= 11 is 12.2. The molecule has 1 saturated carbocycles. The molecule has 3 N–H and O–H groups in total. The lowest BCUT2D eigenvalue weighted by Gasteiger charge is -2.25. The predicted octanol–water partition coefficient (Wildman–Crippen LogP) is 3.76. The van der Waals surface area contributed by atoms with Gasteiger partial charge in [0, 0.05) is 17.0 Å². The number of benzene rings is 1. The third kappa shape index (κ3) is 3.62. The third-order valence-corrected chi connectivity index (χ3v) is 4.31. The lowest BCUT2D eigenvalue weighted by molar-refractivity contribution is -0.120. The highest BCUT2D eigenvalue weighted by atomic mass is 35.5. The molecule has 0 bridgehead atoms. The fraction of sp³-hybridized carbons (Fsp3) is 0.500. The number of carbonyl (C=O) groups is 1. The van der Waals surface area contributed by atoms with E-state index in [1.165, 1.54) is 0 Å². The fourth-order valence-electron chi connectivity index (χ4n) is 2.44. The van der Waals surface area contributed by atoms with Crippen LogP contribution in [-0.4, -0.2) is 11.9 Å². The summed E-state index contributed by atoms with van der Waals surface area (Å²) in [6.07, 6.45) is 3.63. The van der Waals surface area contributed by atoms with Gasteiger partial charge in [0.05, 0.1) is 10.7 Å². The lowest BCUT2D eigenvalue weighted by atomic mass is 9.85. The second kappa shape index (κ2) is 6.12. The monoisotopic (exact) mass is 300 g/mol. The Labute approximate surface area is 123 Å². The van der Waals surface area contributed by atoms with Crippen molar-refractivity contribution in [3.05, 3.63) is 27.7 Å². The van der Waals surface area contributed by atoms with Crippen molar-refractivity contribution >= 4 is 34.8 Å². The first-order valence-electron chi connectivity index (χ1n) is 6.49. The van der Waals surface area contributed by atoms with Crippen LogP contribution in [0.4, 0.5) is 5.69 Å². The molecule has 2 unspecified atom stereocenters. The number of hydrogen-bond acceptors (Lipinski definition) is 2. The van der Waals surface area contributed by atoms with E-state index in [2.05, 4.69) is 5.32 Å². The van der Waals surface area contributed by atoms with E-state index in [0.717, 1.165) is 31.2 Å². The number of nitrogens with two attached hydrogens (primary N) is 1. The molecule has 1 fully saturated rings. The van der Waals surface area contributed by atoms with Gasteiger partial charge in [-0.15, -0.1) is 0 Å². The van der Waals surface area contributed by atoms with E-state index in [4.69, 9.17) is 28.9 Å². The van der Waals surface area contributed by atoms with Gasteiger partial charge < -0.3 is 11.1 Å². The Balaban J connectivity index is 2.08. The molecule has 1 aliphatic carbocycles. The van der Waals surface area contributed by atoms with Crippen LogP contribution in [0.25, 0.3) is 0 Å². The van der Waals surface area contributed by atoms with Crippen LogP contribution < -0.4 is 11.1 Å². The molecule has 5 heteroatoms. The number of aryl methyl sites for hydroxylation is 1. The van der Waals surface area contributed by atoms with Crippen molar-refractivity contribution in [2.24, 2.45) is 11.7 Å². The quantitative estimate of drug-likeness (QED) is 0.874. The minimum absolute atomic E-state index is 0.0167. The first-order chi connectivity index (χ1) is 8.97. The second-order valence-corrected chi connectivity index (χ2v) is 6.01. The Morgan fingerprint density at radius 2 is 2.05 bits per heavy atom. The van der Waals surface area contributed by atoms with Crippen LogP contribution in [0.5, 0.6) is 0 Å². The number of carbonyl (C=O) groups excluding carboxylic acids is 1. The highest BCUT2D eigenvalue weighted by Crippen LogP contribution is 2.30. The van der Waals surface area contributed by atoms with Crippen LogP contribution >= 0.6 is 23.2 Å². The average Bonchev–Trinajstić information content (AvgIpc) is 2.36. The van der Waals surface area contributed by atoms with Crippen molar-refractivity contribution in [3.63, 3.8) is 0 Å². The molecule has 0 radical (unpaired) electrons. The van der Waals surface area contributed by atoms with Crippen LogP contribution in [-0.2, 0) is 4.79 Å². The molecule has 2 atom stereocenters. The van der Waals surface area contributed by atoms with Crippen molar-refractivity contribution < 1.29 is 4.79 Å². The molecular weight excluding hydrogens is 283 g/mol. The van der Waals surface area contributed by atoms with Crippen LogP contribution in [0.3, 0.4) is 0 Å². The van der Waals surface area contributed by atoms with Crippen molar-refractivity contribution in [2.45, 2.75) is 38.6 Å². The normalized spacial score (nSPS) is 23.2. The zero-order valence-corrected chi connectivity index (χ0v) is 12.4. The first-order valence-corrected chi connectivity index (χ1v) is 7.25. The van der Waals surface area contributed by atoms with Crippen LogP contribution in [0, 0.1) is 12.8 Å². The van der Waals surface area contributed by atoms with Crippen LogP contribution in [0.2, 0.25) is 10.0 Å². The number of halogens is 2. The number of anilines is 1. The SMILES string of the molecule is Cc1cc(Cl)c(NC(=O)C2CCCC(N)C2)cc1Cl. The largest absolute Gasteiger partial charge is 0.328 e. The third-order valence-electron chi connectivity index (χ3n) is 3.59. The minimum Gasteiger partial charge on any atom is -0.328 e. The van der Waals surface area contributed by atoms with E-state index < -0.39 is 0 Å². The summed E-state index contributed by atoms with van der Waals surface area (Å²) < 4.78 is 0. The second-order valence-electron chi connectivity index (χ2n) is 5.19. The van der Waals surface area contributed by atoms with Crippen LogP contribution in [0.1, 0.15) is 31.2 Å². The van der Waals surface area contributed by atoms with Crippen molar-refractivity contribution in [1.29, 1.82) is 0 Å². The Kier molecular flexibility index (Phi) is 4.71. The Morgan fingerprint density at radius 1 is 1.32 bits per heavy atom. The van der Waals surface area contributed by atoms with Gasteiger partial charge in [0.25, 0.3) is 0 Å². The zero-order chi connectivity index (χ0) is 14.0. The molecule has 0 aliphatic heterocycles. The molecule has 0 saturated heterocycles. The summed E-state index contributed by atoms with van der Waals surface area (Å²) in [7, 11) is 0. The molecule has 1 amide bonds. The average molecular weight is 301 g/mol. The smallest absolute Gasteiger partial charge is 0.227 e. The molecule has 104 valence electrons. The molecule has 3 nitrogen and oxygen atoms in total. The Hall–Kier alpha value is -0.770. The van der Waals surface area contributed by atoms with E-state index in [1.54, 1.807) is 12.1 Å². The molecule has 0 spiro atoms. The van der Waals surface area contributed by atoms with E-state index in [-0.39, 0.29) is 17.9 Å². The molecule has 19 heavy (non-hydrogen) atoms. The van der Waals surface area contributed by atoms with E-state index in [0.29, 0.717) is 15.7 Å². The zero-order valence-electron chi connectivity index (χ0n) is 10.9. The predicted molar refractivity (Wildman–Crippen MR) is 79.8 cm³/mol. The van der Waals surface area contributed by atoms with Gasteiger partial charge in [-0.3, -0.25) is 4.79 Å². The van der Waals surface area contributed by atoms with Gasteiger partial charge >= 0.3 is 0 Å². The summed E-state index contributed by atoms with van der Waals surface area (Å²) in [5, 5.41) is 3.96. The van der Waals surface area contributed by atoms with Crippen LogP contribution in [0.15, 0.2) is 12.1 Å². The number of amides is 1. The minimum atomic E-state index is -0.0279. The van der Waals surface area contributed by atoms with Crippen molar-refractivity contribution in [1.82, 2.24) is 0 Å². The van der Waals surface area contributed by atoms with E-state index in [1.807, 2.05) is 6.92 Å². The molecule has 1 aromatic rings. The molecule has 1 aromatic carbocycles.